The number of sulfonamides is 1. The summed E-state index contributed by atoms with van der Waals surface area (Å²) in [6.07, 6.45) is 0. The molecule has 0 spiro atoms. The molecule has 0 bridgehead atoms. The Bertz CT molecular complexity index is 480. The highest BCUT2D eigenvalue weighted by Crippen LogP contribution is 2.17. The van der Waals surface area contributed by atoms with Crippen LogP contribution in [0.5, 0.6) is 0 Å². The Morgan fingerprint density at radius 3 is 2.27 bits per heavy atom. The van der Waals surface area contributed by atoms with Crippen LogP contribution in [0.4, 0.5) is 0 Å². The molecule has 1 aromatic carbocycles. The van der Waals surface area contributed by atoms with Gasteiger partial charge in [0.2, 0.25) is 15.9 Å². The normalized spacial score (nSPS) is 11.7. The molecular weight excluding hydrogens is 216 g/mol. The van der Waals surface area contributed by atoms with Crippen molar-refractivity contribution in [3.8, 4) is 0 Å². The van der Waals surface area contributed by atoms with Crippen LogP contribution in [-0.4, -0.2) is 32.7 Å². The summed E-state index contributed by atoms with van der Waals surface area (Å²) in [6.45, 7) is 0. The number of hydrogen-bond acceptors (Lipinski definition) is 3. The Labute approximate surface area is 88.5 Å². The van der Waals surface area contributed by atoms with E-state index in [-0.39, 0.29) is 10.5 Å². The van der Waals surface area contributed by atoms with Crippen molar-refractivity contribution in [1.82, 2.24) is 4.31 Å². The average molecular weight is 228 g/mol. The zero-order valence-electron chi connectivity index (χ0n) is 8.47. The van der Waals surface area contributed by atoms with Crippen molar-refractivity contribution in [2.75, 3.05) is 14.1 Å². The summed E-state index contributed by atoms with van der Waals surface area (Å²) < 4.78 is 24.6. The van der Waals surface area contributed by atoms with E-state index in [1.807, 2.05) is 0 Å². The highest BCUT2D eigenvalue weighted by Gasteiger charge is 2.22. The van der Waals surface area contributed by atoms with Gasteiger partial charge in [0.05, 0.1) is 10.5 Å². The first-order chi connectivity index (χ1) is 6.87. The van der Waals surface area contributed by atoms with E-state index in [0.717, 1.165) is 4.31 Å². The summed E-state index contributed by atoms with van der Waals surface area (Å²) in [4.78, 5) is 11.0. The van der Waals surface area contributed by atoms with Crippen molar-refractivity contribution in [3.63, 3.8) is 0 Å². The van der Waals surface area contributed by atoms with Gasteiger partial charge < -0.3 is 5.73 Å². The lowest BCUT2D eigenvalue weighted by molar-refractivity contribution is 0.0997. The van der Waals surface area contributed by atoms with E-state index < -0.39 is 15.9 Å². The van der Waals surface area contributed by atoms with Gasteiger partial charge in [-0.15, -0.1) is 0 Å². The van der Waals surface area contributed by atoms with Gasteiger partial charge in [-0.1, -0.05) is 12.1 Å². The molecule has 1 rings (SSSR count). The molecule has 0 unspecified atom stereocenters. The van der Waals surface area contributed by atoms with Gasteiger partial charge in [0.1, 0.15) is 0 Å². The van der Waals surface area contributed by atoms with Gasteiger partial charge in [-0.05, 0) is 12.1 Å². The molecule has 15 heavy (non-hydrogen) atoms. The highest BCUT2D eigenvalue weighted by molar-refractivity contribution is 7.89. The van der Waals surface area contributed by atoms with Gasteiger partial charge in [-0.2, -0.15) is 0 Å². The SMILES string of the molecule is CN(C)S(=O)(=O)c1ccccc1C(N)=O. The molecule has 0 heterocycles. The van der Waals surface area contributed by atoms with Crippen LogP contribution in [0.3, 0.4) is 0 Å². The second kappa shape index (κ2) is 4.00. The lowest BCUT2D eigenvalue weighted by Gasteiger charge is -2.13. The van der Waals surface area contributed by atoms with Gasteiger partial charge in [0.25, 0.3) is 0 Å². The fourth-order valence-corrected chi connectivity index (χ4v) is 2.18. The molecule has 6 heteroatoms. The van der Waals surface area contributed by atoms with Crippen LogP contribution in [0.1, 0.15) is 10.4 Å². The molecule has 0 aromatic heterocycles. The zero-order valence-corrected chi connectivity index (χ0v) is 9.28. The molecular formula is C9H12N2O3S. The number of amides is 1. The van der Waals surface area contributed by atoms with E-state index in [1.54, 1.807) is 12.1 Å². The smallest absolute Gasteiger partial charge is 0.250 e. The number of rotatable bonds is 3. The molecule has 1 aromatic rings. The standard InChI is InChI=1S/C9H12N2O3S/c1-11(2)15(13,14)8-6-4-3-5-7(8)9(10)12/h3-6H,1-2H3,(H2,10,12). The van der Waals surface area contributed by atoms with Crippen LogP contribution < -0.4 is 5.73 Å². The summed E-state index contributed by atoms with van der Waals surface area (Å²) >= 11 is 0. The summed E-state index contributed by atoms with van der Waals surface area (Å²) in [5.41, 5.74) is 5.10. The van der Waals surface area contributed by atoms with Crippen molar-refractivity contribution >= 4 is 15.9 Å². The van der Waals surface area contributed by atoms with Crippen LogP contribution in [0, 0.1) is 0 Å². The number of hydrogen-bond donors (Lipinski definition) is 1. The minimum absolute atomic E-state index is 0.00574. The number of nitrogens with two attached hydrogens (primary N) is 1. The van der Waals surface area contributed by atoms with Gasteiger partial charge in [-0.25, -0.2) is 12.7 Å². The number of primary amides is 1. The average Bonchev–Trinajstić information content (AvgIpc) is 2.17. The fraction of sp³-hybridized carbons (Fsp3) is 0.222. The minimum atomic E-state index is -3.62. The molecule has 5 nitrogen and oxygen atoms in total. The summed E-state index contributed by atoms with van der Waals surface area (Å²) in [5.74, 6) is -0.754. The van der Waals surface area contributed by atoms with E-state index in [4.69, 9.17) is 5.73 Å². The van der Waals surface area contributed by atoms with E-state index in [2.05, 4.69) is 0 Å². The van der Waals surface area contributed by atoms with Crippen LogP contribution in [0.15, 0.2) is 29.2 Å². The molecule has 0 saturated heterocycles. The largest absolute Gasteiger partial charge is 0.366 e. The van der Waals surface area contributed by atoms with E-state index >= 15 is 0 Å². The van der Waals surface area contributed by atoms with Gasteiger partial charge in [0.15, 0.2) is 0 Å². The number of benzene rings is 1. The third kappa shape index (κ3) is 2.16. The molecule has 1 amide bonds. The predicted octanol–water partition coefficient (Wildman–Crippen LogP) is 0.0358. The van der Waals surface area contributed by atoms with Crippen molar-refractivity contribution in [1.29, 1.82) is 0 Å². The maximum absolute atomic E-state index is 11.8. The third-order valence-corrected chi connectivity index (χ3v) is 3.78. The molecule has 0 aliphatic heterocycles. The van der Waals surface area contributed by atoms with E-state index in [1.165, 1.54) is 26.2 Å². The van der Waals surface area contributed by atoms with Crippen molar-refractivity contribution in [2.45, 2.75) is 4.90 Å². The minimum Gasteiger partial charge on any atom is -0.366 e. The fourth-order valence-electron chi connectivity index (χ4n) is 1.09. The maximum Gasteiger partial charge on any atom is 0.250 e. The summed E-state index contributed by atoms with van der Waals surface area (Å²) in [5, 5.41) is 0. The van der Waals surface area contributed by atoms with Gasteiger partial charge in [-0.3, -0.25) is 4.79 Å². The van der Waals surface area contributed by atoms with Crippen LogP contribution in [-0.2, 0) is 10.0 Å². The quantitative estimate of drug-likeness (QED) is 0.792. The lowest BCUT2D eigenvalue weighted by atomic mass is 10.2. The molecule has 2 N–H and O–H groups in total. The second-order valence-electron chi connectivity index (χ2n) is 3.15. The van der Waals surface area contributed by atoms with Crippen LogP contribution in [0.25, 0.3) is 0 Å². The molecule has 0 aliphatic carbocycles. The summed E-state index contributed by atoms with van der Waals surface area (Å²) in [6, 6.07) is 5.85. The Balaban J connectivity index is 3.45. The molecule has 0 fully saturated rings. The third-order valence-electron chi connectivity index (χ3n) is 1.91. The first-order valence-corrected chi connectivity index (χ1v) is 5.62. The first kappa shape index (κ1) is 11.7. The highest BCUT2D eigenvalue weighted by atomic mass is 32.2. The Hall–Kier alpha value is -1.40. The topological polar surface area (TPSA) is 80.5 Å². The number of nitrogens with zero attached hydrogens (tertiary/aromatic N) is 1. The van der Waals surface area contributed by atoms with E-state index in [9.17, 15) is 13.2 Å². The molecule has 0 aliphatic rings. The Morgan fingerprint density at radius 2 is 1.80 bits per heavy atom. The van der Waals surface area contributed by atoms with Gasteiger partial charge >= 0.3 is 0 Å². The molecule has 82 valence electrons. The summed E-state index contributed by atoms with van der Waals surface area (Å²) in [7, 11) is -0.828. The van der Waals surface area contributed by atoms with Crippen molar-refractivity contribution in [2.24, 2.45) is 5.73 Å². The van der Waals surface area contributed by atoms with Gasteiger partial charge in [0, 0.05) is 14.1 Å². The van der Waals surface area contributed by atoms with Crippen molar-refractivity contribution < 1.29 is 13.2 Å². The first-order valence-electron chi connectivity index (χ1n) is 4.18. The Morgan fingerprint density at radius 1 is 1.27 bits per heavy atom. The van der Waals surface area contributed by atoms with Crippen LogP contribution in [0.2, 0.25) is 0 Å². The molecule has 0 radical (unpaired) electrons. The monoisotopic (exact) mass is 228 g/mol. The second-order valence-corrected chi connectivity index (χ2v) is 5.27. The Kier molecular flexibility index (Phi) is 3.11. The number of carbonyl (C=O) groups excluding carboxylic acids is 1. The van der Waals surface area contributed by atoms with E-state index in [0.29, 0.717) is 0 Å². The van der Waals surface area contributed by atoms with Crippen molar-refractivity contribution in [3.05, 3.63) is 29.8 Å². The predicted molar refractivity (Wildman–Crippen MR) is 55.8 cm³/mol. The van der Waals surface area contributed by atoms with Crippen LogP contribution >= 0.6 is 0 Å². The molecule has 0 saturated carbocycles. The molecule has 0 atom stereocenters. The number of carbonyl (C=O) groups is 1. The zero-order chi connectivity index (χ0) is 11.6. The maximum atomic E-state index is 11.8. The lowest BCUT2D eigenvalue weighted by Crippen LogP contribution is -2.25.